The molecule has 1 aliphatic rings. The topological polar surface area (TPSA) is 96.7 Å². The molecule has 1 saturated heterocycles. The summed E-state index contributed by atoms with van der Waals surface area (Å²) < 4.78 is 77.2. The van der Waals surface area contributed by atoms with Crippen LogP contribution in [0.2, 0.25) is 0 Å². The zero-order chi connectivity index (χ0) is 34.7. The van der Waals surface area contributed by atoms with E-state index in [1.807, 2.05) is 6.07 Å². The molecule has 5 rings (SSSR count). The van der Waals surface area contributed by atoms with Crippen LogP contribution < -0.4 is 29.1 Å². The highest BCUT2D eigenvalue weighted by molar-refractivity contribution is 5.94. The molecule has 1 aromatic heterocycles. The van der Waals surface area contributed by atoms with Crippen molar-refractivity contribution in [1.82, 2.24) is 4.90 Å². The minimum atomic E-state index is -5.09. The molecule has 0 aliphatic carbocycles. The summed E-state index contributed by atoms with van der Waals surface area (Å²) in [5.74, 6) is -2.64. The molecule has 1 aliphatic heterocycles. The van der Waals surface area contributed by atoms with Crippen LogP contribution in [0, 0.1) is 20.8 Å². The monoisotopic (exact) mass is 669 g/mol. The van der Waals surface area contributed by atoms with Crippen LogP contribution in [0.1, 0.15) is 64.1 Å². The van der Waals surface area contributed by atoms with Crippen LogP contribution in [0.3, 0.4) is 0 Å². The molecule has 0 atom stereocenters. The van der Waals surface area contributed by atoms with Gasteiger partial charge in [0.1, 0.15) is 17.1 Å². The van der Waals surface area contributed by atoms with E-state index < -0.39 is 29.1 Å². The molecule has 0 bridgehead atoms. The van der Waals surface area contributed by atoms with Gasteiger partial charge in [0.15, 0.2) is 11.5 Å². The van der Waals surface area contributed by atoms with Gasteiger partial charge in [0.05, 0.1) is 37.8 Å². The average Bonchev–Trinajstić information content (AvgIpc) is 3.32. The van der Waals surface area contributed by atoms with Crippen molar-refractivity contribution in [2.45, 2.75) is 59.2 Å². The summed E-state index contributed by atoms with van der Waals surface area (Å²) in [6.45, 7) is 6.70. The number of ether oxygens (including phenoxy) is 5. The van der Waals surface area contributed by atoms with Gasteiger partial charge in [-0.25, -0.2) is 4.79 Å². The summed E-state index contributed by atoms with van der Waals surface area (Å²) in [5, 5.41) is -0.141. The van der Waals surface area contributed by atoms with Gasteiger partial charge in [-0.05, 0) is 93.7 Å². The molecule has 0 spiro atoms. The highest BCUT2D eigenvalue weighted by Gasteiger charge is 2.41. The number of benzene rings is 3. The molecular weight excluding hydrogens is 631 g/mol. The zero-order valence-corrected chi connectivity index (χ0v) is 27.8. The number of hydrogen-bond donors (Lipinski definition) is 0. The molecule has 48 heavy (non-hydrogen) atoms. The lowest BCUT2D eigenvalue weighted by molar-refractivity contribution is -0.154. The number of carbonyl (C=O) groups excluding carboxylic acids is 1. The first-order chi connectivity index (χ1) is 22.9. The van der Waals surface area contributed by atoms with Crippen LogP contribution in [-0.4, -0.2) is 45.3 Å². The van der Waals surface area contributed by atoms with E-state index in [-0.39, 0.29) is 57.4 Å². The molecule has 0 N–H and O–H groups in total. The lowest BCUT2D eigenvalue weighted by Gasteiger charge is -2.23. The van der Waals surface area contributed by atoms with Crippen LogP contribution >= 0.6 is 0 Å². The lowest BCUT2D eigenvalue weighted by atomic mass is 10.1. The number of alkyl halides is 3. The molecule has 12 heteroatoms. The molecule has 0 radical (unpaired) electrons. The van der Waals surface area contributed by atoms with E-state index in [1.54, 1.807) is 26.8 Å². The number of carbonyl (C=O) groups is 1. The van der Waals surface area contributed by atoms with Crippen molar-refractivity contribution < 1.29 is 46.1 Å². The van der Waals surface area contributed by atoms with Gasteiger partial charge in [-0.1, -0.05) is 18.9 Å². The van der Waals surface area contributed by atoms with E-state index in [0.717, 1.165) is 36.8 Å². The van der Waals surface area contributed by atoms with Gasteiger partial charge in [0.2, 0.25) is 16.9 Å². The summed E-state index contributed by atoms with van der Waals surface area (Å²) in [5.41, 5.74) is 0.969. The molecule has 256 valence electrons. The minimum Gasteiger partial charge on any atom is -0.493 e. The quantitative estimate of drug-likeness (QED) is 0.129. The largest absolute Gasteiger partial charge is 0.493 e. The van der Waals surface area contributed by atoms with E-state index in [4.69, 9.17) is 28.1 Å². The van der Waals surface area contributed by atoms with E-state index in [1.165, 1.54) is 45.6 Å². The predicted molar refractivity (Wildman–Crippen MR) is 173 cm³/mol. The molecule has 0 amide bonds. The maximum absolute atomic E-state index is 14.7. The van der Waals surface area contributed by atoms with Crippen molar-refractivity contribution in [3.63, 3.8) is 0 Å². The maximum Gasteiger partial charge on any atom is 0.453 e. The van der Waals surface area contributed by atoms with Gasteiger partial charge in [0.25, 0.3) is 5.76 Å². The zero-order valence-electron chi connectivity index (χ0n) is 27.8. The Balaban J connectivity index is 1.68. The third kappa shape index (κ3) is 7.08. The summed E-state index contributed by atoms with van der Waals surface area (Å²) in [7, 11) is 4.22. The molecule has 1 fully saturated rings. The van der Waals surface area contributed by atoms with Crippen molar-refractivity contribution in [3.8, 4) is 34.5 Å². The second-order valence-corrected chi connectivity index (χ2v) is 11.8. The van der Waals surface area contributed by atoms with Crippen LogP contribution in [0.25, 0.3) is 11.0 Å². The summed E-state index contributed by atoms with van der Waals surface area (Å²) in [6.07, 6.45) is -1.29. The fourth-order valence-electron chi connectivity index (χ4n) is 5.90. The molecule has 9 nitrogen and oxygen atoms in total. The average molecular weight is 670 g/mol. The number of nitrogens with zero attached hydrogens (tertiary/aromatic N) is 1. The number of hydrogen-bond acceptors (Lipinski definition) is 9. The highest BCUT2D eigenvalue weighted by atomic mass is 19.4. The predicted octanol–water partition coefficient (Wildman–Crippen LogP) is 8.15. The van der Waals surface area contributed by atoms with Crippen molar-refractivity contribution in [3.05, 3.63) is 80.2 Å². The number of aryl methyl sites for hydroxylation is 2. The standard InChI is InChI=1S/C36H38F3NO8/c1-20-15-21(2)22(3)27(16-20)46-33-30(41)24-11-12-26(47-35(42)23-17-28(43-4)32(45-6)29(18-23)44-5)25(19-40-13-9-7-8-10-14-40)31(24)48-34(33)36(37,38)39/h11-12,15-18H,7-10,13-14,19H2,1-6H3. The summed E-state index contributed by atoms with van der Waals surface area (Å²) in [6, 6.07) is 8.92. The Morgan fingerprint density at radius 2 is 1.48 bits per heavy atom. The van der Waals surface area contributed by atoms with E-state index in [0.29, 0.717) is 18.7 Å². The Labute approximate surface area is 276 Å². The Morgan fingerprint density at radius 3 is 2.06 bits per heavy atom. The summed E-state index contributed by atoms with van der Waals surface area (Å²) >= 11 is 0. The molecule has 0 unspecified atom stereocenters. The minimum absolute atomic E-state index is 0.0373. The maximum atomic E-state index is 14.7. The molecular formula is C36H38F3NO8. The van der Waals surface area contributed by atoms with Gasteiger partial charge < -0.3 is 28.1 Å². The number of halogens is 3. The highest BCUT2D eigenvalue weighted by Crippen LogP contribution is 2.42. The SMILES string of the molecule is COc1cc(C(=O)Oc2ccc3c(=O)c(Oc4cc(C)cc(C)c4C)c(C(F)(F)F)oc3c2CN2CCCCCC2)cc(OC)c1OC. The van der Waals surface area contributed by atoms with E-state index >= 15 is 0 Å². The smallest absolute Gasteiger partial charge is 0.453 e. The number of fused-ring (bicyclic) bond motifs is 1. The van der Waals surface area contributed by atoms with Gasteiger partial charge in [0, 0.05) is 6.54 Å². The van der Waals surface area contributed by atoms with Gasteiger partial charge in [-0.2, -0.15) is 13.2 Å². The van der Waals surface area contributed by atoms with Gasteiger partial charge >= 0.3 is 12.1 Å². The molecule has 3 aromatic carbocycles. The van der Waals surface area contributed by atoms with Crippen LogP contribution in [-0.2, 0) is 12.7 Å². The second kappa shape index (κ2) is 14.2. The molecule has 4 aromatic rings. The second-order valence-electron chi connectivity index (χ2n) is 11.8. The Bertz CT molecular complexity index is 1870. The molecule has 2 heterocycles. The number of rotatable bonds is 9. The molecule has 0 saturated carbocycles. The third-order valence-electron chi connectivity index (χ3n) is 8.50. The number of likely N-dealkylation sites (tertiary alicyclic amines) is 1. The normalized spacial score (nSPS) is 14.0. The first-order valence-corrected chi connectivity index (χ1v) is 15.6. The lowest BCUT2D eigenvalue weighted by Crippen LogP contribution is -2.25. The fourth-order valence-corrected chi connectivity index (χ4v) is 5.90. The number of methoxy groups -OCH3 is 3. The Hall–Kier alpha value is -4.71. The first kappa shape index (κ1) is 34.6. The van der Waals surface area contributed by atoms with Crippen molar-refractivity contribution in [1.29, 1.82) is 0 Å². The van der Waals surface area contributed by atoms with Crippen LogP contribution in [0.15, 0.2) is 45.6 Å². The van der Waals surface area contributed by atoms with Crippen LogP contribution in [0.5, 0.6) is 34.5 Å². The Kier molecular flexibility index (Phi) is 10.2. The Morgan fingerprint density at radius 1 is 0.833 bits per heavy atom. The fraction of sp³-hybridized carbons (Fsp3) is 0.389. The van der Waals surface area contributed by atoms with Gasteiger partial charge in [-0.3, -0.25) is 9.69 Å². The third-order valence-corrected chi connectivity index (χ3v) is 8.50. The summed E-state index contributed by atoms with van der Waals surface area (Å²) in [4.78, 5) is 29.5. The number of esters is 1. The van der Waals surface area contributed by atoms with Gasteiger partial charge in [-0.15, -0.1) is 0 Å². The van der Waals surface area contributed by atoms with E-state index in [9.17, 15) is 22.8 Å². The van der Waals surface area contributed by atoms with E-state index in [2.05, 4.69) is 4.90 Å². The van der Waals surface area contributed by atoms with Crippen molar-refractivity contribution >= 4 is 16.9 Å². The van der Waals surface area contributed by atoms with Crippen molar-refractivity contribution in [2.75, 3.05) is 34.4 Å². The van der Waals surface area contributed by atoms with Crippen molar-refractivity contribution in [2.24, 2.45) is 0 Å². The van der Waals surface area contributed by atoms with Crippen LogP contribution in [0.4, 0.5) is 13.2 Å². The first-order valence-electron chi connectivity index (χ1n) is 15.6.